The molecule has 0 aliphatic carbocycles. The number of carbonyl (C=O) groups excluding carboxylic acids is 3. The van der Waals surface area contributed by atoms with E-state index in [-0.39, 0.29) is 10.4 Å². The van der Waals surface area contributed by atoms with Crippen LogP contribution in [0.25, 0.3) is 6.08 Å². The molecule has 14 heavy (non-hydrogen) atoms. The number of rotatable bonds is 1. The van der Waals surface area contributed by atoms with Crippen LogP contribution in [-0.2, 0) is 14.4 Å². The fraction of sp³-hybridized carbons (Fsp3) is 0. The minimum atomic E-state index is 0.0743. The fourth-order valence-electron chi connectivity index (χ4n) is 0.997. The van der Waals surface area contributed by atoms with E-state index in [0.29, 0.717) is 5.56 Å². The lowest BCUT2D eigenvalue weighted by atomic mass is 10.1. The monoisotopic (exact) mass is 184 g/mol. The molecule has 1 aromatic carbocycles. The van der Waals surface area contributed by atoms with Gasteiger partial charge >= 0.3 is 0 Å². The van der Waals surface area contributed by atoms with E-state index in [9.17, 15) is 14.4 Å². The van der Waals surface area contributed by atoms with Gasteiger partial charge in [0.2, 0.25) is 0 Å². The lowest BCUT2D eigenvalue weighted by molar-refractivity contribution is 0.564. The largest absolute Gasteiger partial charge is 0.233 e. The standard InChI is InChI=1S/C11H4O3/c12-6-2-5-9-3-1-4-10(7-13)11(9)8-14/h1,3-5H. The fourth-order valence-corrected chi connectivity index (χ4v) is 0.997. The van der Waals surface area contributed by atoms with E-state index in [4.69, 9.17) is 0 Å². The van der Waals surface area contributed by atoms with Gasteiger partial charge in [-0.1, -0.05) is 12.1 Å². The average molecular weight is 184 g/mol. The molecule has 0 amide bonds. The normalized spacial score (nSPS) is 7.71. The Hall–Kier alpha value is -2.39. The molecule has 0 bridgehead atoms. The van der Waals surface area contributed by atoms with Gasteiger partial charge in [-0.2, -0.15) is 0 Å². The van der Waals surface area contributed by atoms with Crippen molar-refractivity contribution in [2.24, 2.45) is 0 Å². The summed E-state index contributed by atoms with van der Waals surface area (Å²) in [5, 5.41) is 0.187. The average Bonchev–Trinajstić information content (AvgIpc) is 2.25. The van der Waals surface area contributed by atoms with Crippen molar-refractivity contribution in [3.05, 3.63) is 39.9 Å². The number of benzene rings is 1. The highest BCUT2D eigenvalue weighted by molar-refractivity contribution is 5.65. The molecule has 0 unspecified atom stereocenters. The molecule has 0 radical (unpaired) electrons. The molecule has 1 rings (SSSR count). The highest BCUT2D eigenvalue weighted by atomic mass is 16.1. The molecule has 0 N–H and O–H groups in total. The smallest absolute Gasteiger partial charge is 0.177 e. The van der Waals surface area contributed by atoms with Gasteiger partial charge in [-0.25, -0.2) is 14.4 Å². The van der Waals surface area contributed by atoms with Crippen LogP contribution in [0.2, 0.25) is 0 Å². The molecule has 0 fully saturated rings. The molecule has 66 valence electrons. The lowest BCUT2D eigenvalue weighted by Gasteiger charge is -1.88. The molecular formula is C11H4O3. The van der Waals surface area contributed by atoms with Gasteiger partial charge in [0, 0.05) is 11.6 Å². The molecule has 0 aromatic heterocycles. The van der Waals surface area contributed by atoms with Gasteiger partial charge in [-0.05, 0) is 11.8 Å². The summed E-state index contributed by atoms with van der Waals surface area (Å²) < 4.78 is 0. The first-order valence-electron chi connectivity index (χ1n) is 3.68. The van der Waals surface area contributed by atoms with Gasteiger partial charge in [-0.15, -0.1) is 0 Å². The summed E-state index contributed by atoms with van der Waals surface area (Å²) in [6, 6.07) is 4.57. The van der Waals surface area contributed by atoms with Gasteiger partial charge in [0.1, 0.15) is 11.9 Å². The zero-order chi connectivity index (χ0) is 10.4. The van der Waals surface area contributed by atoms with Crippen LogP contribution in [0.15, 0.2) is 23.9 Å². The molecule has 1 aromatic rings. The first-order chi connectivity index (χ1) is 6.83. The van der Waals surface area contributed by atoms with Crippen LogP contribution in [0.4, 0.5) is 0 Å². The predicted molar refractivity (Wildman–Crippen MR) is 49.0 cm³/mol. The summed E-state index contributed by atoms with van der Waals surface area (Å²) in [6.07, 6.45) is 1.26. The molecule has 0 heterocycles. The maximum absolute atomic E-state index is 10.5. The molecule has 0 saturated heterocycles. The summed E-state index contributed by atoms with van der Waals surface area (Å²) in [5.41, 5.74) is 2.54. The summed E-state index contributed by atoms with van der Waals surface area (Å²) in [7, 11) is 0. The SMILES string of the molecule is O=C=C=Cc1cccc(=C=O)c1=C=O. The zero-order valence-corrected chi connectivity index (χ0v) is 7.03. The number of hydrogen-bond donors (Lipinski definition) is 0. The topological polar surface area (TPSA) is 51.2 Å². The Morgan fingerprint density at radius 3 is 2.43 bits per heavy atom. The Labute approximate surface area is 79.0 Å². The highest BCUT2D eigenvalue weighted by Crippen LogP contribution is 1.88. The first kappa shape index (κ1) is 9.70. The molecule has 0 saturated carbocycles. The van der Waals surface area contributed by atoms with Crippen LogP contribution < -0.4 is 10.4 Å². The third kappa shape index (κ3) is 1.85. The molecule has 0 spiro atoms. The Kier molecular flexibility index (Phi) is 3.18. The molecule has 3 heteroatoms. The molecule has 0 aliphatic rings. The van der Waals surface area contributed by atoms with Crippen molar-refractivity contribution in [1.29, 1.82) is 0 Å². The van der Waals surface area contributed by atoms with E-state index in [1.807, 2.05) is 0 Å². The first-order valence-corrected chi connectivity index (χ1v) is 3.68. The van der Waals surface area contributed by atoms with Crippen LogP contribution in [0, 0.1) is 0 Å². The van der Waals surface area contributed by atoms with Crippen LogP contribution in [0.5, 0.6) is 0 Å². The van der Waals surface area contributed by atoms with Gasteiger partial charge in [0.25, 0.3) is 0 Å². The quantitative estimate of drug-likeness (QED) is 0.402. The second-order valence-corrected chi connectivity index (χ2v) is 2.36. The summed E-state index contributed by atoms with van der Waals surface area (Å²) in [5.74, 6) is 4.64. The van der Waals surface area contributed by atoms with Crippen molar-refractivity contribution in [2.45, 2.75) is 0 Å². The summed E-state index contributed by atoms with van der Waals surface area (Å²) in [4.78, 5) is 30.8. The molecule has 0 aliphatic heterocycles. The second kappa shape index (κ2) is 4.59. The lowest BCUT2D eigenvalue weighted by Crippen LogP contribution is -2.29. The van der Waals surface area contributed by atoms with E-state index >= 15 is 0 Å². The zero-order valence-electron chi connectivity index (χ0n) is 7.03. The summed E-state index contributed by atoms with van der Waals surface area (Å²) in [6.45, 7) is 0. The van der Waals surface area contributed by atoms with Crippen molar-refractivity contribution in [2.75, 3.05) is 0 Å². The van der Waals surface area contributed by atoms with Crippen molar-refractivity contribution in [3.63, 3.8) is 0 Å². The second-order valence-electron chi connectivity index (χ2n) is 2.36. The van der Waals surface area contributed by atoms with E-state index in [1.54, 1.807) is 24.0 Å². The van der Waals surface area contributed by atoms with Crippen LogP contribution >= 0.6 is 0 Å². The van der Waals surface area contributed by atoms with Crippen LogP contribution in [0.3, 0.4) is 0 Å². The minimum absolute atomic E-state index is 0.0743. The van der Waals surface area contributed by atoms with Crippen molar-refractivity contribution in [1.82, 2.24) is 0 Å². The third-order valence-corrected chi connectivity index (χ3v) is 1.60. The summed E-state index contributed by atoms with van der Waals surface area (Å²) >= 11 is 0. The number of hydrogen-bond acceptors (Lipinski definition) is 3. The van der Waals surface area contributed by atoms with Crippen molar-refractivity contribution < 1.29 is 14.4 Å². The third-order valence-electron chi connectivity index (χ3n) is 1.60. The Balaban J connectivity index is 3.81. The van der Waals surface area contributed by atoms with Gasteiger partial charge in [0.15, 0.2) is 5.94 Å². The van der Waals surface area contributed by atoms with E-state index in [0.717, 1.165) is 0 Å². The van der Waals surface area contributed by atoms with Crippen LogP contribution in [-0.4, -0.2) is 17.8 Å². The van der Waals surface area contributed by atoms with Gasteiger partial charge in [0.05, 0.1) is 10.4 Å². The minimum Gasteiger partial charge on any atom is -0.233 e. The maximum Gasteiger partial charge on any atom is 0.177 e. The Morgan fingerprint density at radius 1 is 1.07 bits per heavy atom. The van der Waals surface area contributed by atoms with E-state index in [1.165, 1.54) is 18.1 Å². The van der Waals surface area contributed by atoms with Gasteiger partial charge < -0.3 is 0 Å². The Bertz CT molecular complexity index is 590. The Morgan fingerprint density at radius 2 is 1.86 bits per heavy atom. The van der Waals surface area contributed by atoms with E-state index in [2.05, 4.69) is 5.73 Å². The highest BCUT2D eigenvalue weighted by Gasteiger charge is 1.93. The predicted octanol–water partition coefficient (Wildman–Crippen LogP) is -1.31. The van der Waals surface area contributed by atoms with Crippen LogP contribution in [0.1, 0.15) is 5.56 Å². The van der Waals surface area contributed by atoms with Crippen molar-refractivity contribution >= 4 is 23.9 Å². The van der Waals surface area contributed by atoms with Gasteiger partial charge in [-0.3, -0.25) is 0 Å². The molecular weight excluding hydrogens is 180 g/mol. The van der Waals surface area contributed by atoms with E-state index < -0.39 is 0 Å². The molecule has 0 atom stereocenters. The van der Waals surface area contributed by atoms with Crippen molar-refractivity contribution in [3.8, 4) is 0 Å². The molecule has 3 nitrogen and oxygen atoms in total. The maximum atomic E-state index is 10.5.